The molecule has 1 aliphatic heterocycles. The fourth-order valence-corrected chi connectivity index (χ4v) is 2.33. The topological polar surface area (TPSA) is 34.1 Å². The van der Waals surface area contributed by atoms with Crippen molar-refractivity contribution in [3.05, 3.63) is 24.5 Å². The highest BCUT2D eigenvalue weighted by molar-refractivity contribution is 5.15. The van der Waals surface area contributed by atoms with E-state index in [1.807, 2.05) is 12.1 Å². The molecule has 1 saturated carbocycles. The highest BCUT2D eigenvalue weighted by Gasteiger charge is 2.41. The molecule has 0 aromatic carbocycles. The van der Waals surface area contributed by atoms with Gasteiger partial charge in [-0.15, -0.1) is 0 Å². The van der Waals surface area contributed by atoms with Crippen LogP contribution in [-0.4, -0.2) is 23.7 Å². The number of nitrogens with one attached hydrogen (secondary N) is 1. The molecule has 3 atom stereocenters. The Morgan fingerprint density at radius 3 is 3.27 bits per heavy atom. The van der Waals surface area contributed by atoms with Crippen molar-refractivity contribution in [1.82, 2.24) is 10.3 Å². The van der Waals surface area contributed by atoms with E-state index < -0.39 is 0 Å². The summed E-state index contributed by atoms with van der Waals surface area (Å²) in [7, 11) is 0. The van der Waals surface area contributed by atoms with Crippen LogP contribution in [0.25, 0.3) is 0 Å². The van der Waals surface area contributed by atoms with Gasteiger partial charge in [0.2, 0.25) is 0 Å². The number of piperidine rings is 1. The Hall–Kier alpha value is -1.09. The first kappa shape index (κ1) is 9.16. The van der Waals surface area contributed by atoms with Crippen LogP contribution in [0.4, 0.5) is 0 Å². The third kappa shape index (κ3) is 2.12. The number of nitrogens with zero attached hydrogens (tertiary/aromatic N) is 1. The summed E-state index contributed by atoms with van der Waals surface area (Å²) in [6.45, 7) is 0.773. The molecule has 2 heterocycles. The average molecular weight is 204 g/mol. The Labute approximate surface area is 89.9 Å². The van der Waals surface area contributed by atoms with E-state index in [-0.39, 0.29) is 0 Å². The summed E-state index contributed by atoms with van der Waals surface area (Å²) in [5, 5.41) is 3.62. The summed E-state index contributed by atoms with van der Waals surface area (Å²) < 4.78 is 5.69. The third-order valence-corrected chi connectivity index (χ3v) is 3.34. The lowest BCUT2D eigenvalue weighted by Crippen LogP contribution is -2.39. The van der Waals surface area contributed by atoms with Crippen molar-refractivity contribution < 1.29 is 4.74 Å². The van der Waals surface area contributed by atoms with Gasteiger partial charge >= 0.3 is 0 Å². The molecule has 0 radical (unpaired) electrons. The molecule has 1 aromatic rings. The molecule has 1 N–H and O–H groups in total. The molecule has 3 nitrogen and oxygen atoms in total. The zero-order chi connectivity index (χ0) is 10.1. The van der Waals surface area contributed by atoms with Gasteiger partial charge in [0.25, 0.3) is 0 Å². The molecule has 1 aromatic heterocycles. The maximum Gasteiger partial charge on any atom is 0.137 e. The van der Waals surface area contributed by atoms with Crippen molar-refractivity contribution in [3.63, 3.8) is 0 Å². The maximum absolute atomic E-state index is 5.69. The predicted octanol–water partition coefficient (Wildman–Crippen LogP) is 1.60. The maximum atomic E-state index is 5.69. The monoisotopic (exact) mass is 204 g/mol. The van der Waals surface area contributed by atoms with Gasteiger partial charge in [-0.2, -0.15) is 0 Å². The fourth-order valence-electron chi connectivity index (χ4n) is 2.33. The SMILES string of the molecule is c1cncc(OC[C@@H]2CC[C@H]3C[C@H]3N2)c1. The summed E-state index contributed by atoms with van der Waals surface area (Å²) in [5.41, 5.74) is 0. The number of aromatic nitrogens is 1. The van der Waals surface area contributed by atoms with Crippen molar-refractivity contribution in [3.8, 4) is 5.75 Å². The lowest BCUT2D eigenvalue weighted by molar-refractivity contribution is 0.236. The van der Waals surface area contributed by atoms with Crippen LogP contribution < -0.4 is 10.1 Å². The Morgan fingerprint density at radius 2 is 2.47 bits per heavy atom. The van der Waals surface area contributed by atoms with Crippen LogP contribution in [0.2, 0.25) is 0 Å². The number of hydrogen-bond acceptors (Lipinski definition) is 3. The highest BCUT2D eigenvalue weighted by Crippen LogP contribution is 2.39. The first-order chi connectivity index (χ1) is 7.42. The molecule has 0 amide bonds. The van der Waals surface area contributed by atoms with E-state index in [4.69, 9.17) is 4.74 Å². The summed E-state index contributed by atoms with van der Waals surface area (Å²) >= 11 is 0. The second-order valence-electron chi connectivity index (χ2n) is 4.54. The fraction of sp³-hybridized carbons (Fsp3) is 0.583. The smallest absolute Gasteiger partial charge is 0.137 e. The number of fused-ring (bicyclic) bond motifs is 1. The van der Waals surface area contributed by atoms with E-state index >= 15 is 0 Å². The summed E-state index contributed by atoms with van der Waals surface area (Å²) in [4.78, 5) is 4.03. The number of hydrogen-bond donors (Lipinski definition) is 1. The molecule has 15 heavy (non-hydrogen) atoms. The van der Waals surface area contributed by atoms with E-state index in [0.29, 0.717) is 6.04 Å². The van der Waals surface area contributed by atoms with Gasteiger partial charge in [0.1, 0.15) is 12.4 Å². The molecular weight excluding hydrogens is 188 g/mol. The van der Waals surface area contributed by atoms with Gasteiger partial charge in [0.05, 0.1) is 6.20 Å². The van der Waals surface area contributed by atoms with Gasteiger partial charge in [-0.25, -0.2) is 0 Å². The number of pyridine rings is 1. The molecule has 1 aliphatic carbocycles. The van der Waals surface area contributed by atoms with Gasteiger partial charge in [-0.05, 0) is 37.3 Å². The molecule has 2 aliphatic rings. The van der Waals surface area contributed by atoms with Crippen molar-refractivity contribution >= 4 is 0 Å². The van der Waals surface area contributed by atoms with Gasteiger partial charge in [-0.3, -0.25) is 4.98 Å². The zero-order valence-corrected chi connectivity index (χ0v) is 8.73. The van der Waals surface area contributed by atoms with Crippen LogP contribution in [0, 0.1) is 5.92 Å². The molecule has 0 unspecified atom stereocenters. The lowest BCUT2D eigenvalue weighted by atomic mass is 10.1. The van der Waals surface area contributed by atoms with Gasteiger partial charge in [-0.1, -0.05) is 0 Å². The molecule has 80 valence electrons. The lowest BCUT2D eigenvalue weighted by Gasteiger charge is -2.23. The molecule has 3 heteroatoms. The largest absolute Gasteiger partial charge is 0.490 e. The van der Waals surface area contributed by atoms with Gasteiger partial charge < -0.3 is 10.1 Å². The van der Waals surface area contributed by atoms with Crippen LogP contribution in [0.1, 0.15) is 19.3 Å². The Kier molecular flexibility index (Phi) is 2.33. The molecule has 3 rings (SSSR count). The van der Waals surface area contributed by atoms with Crippen molar-refractivity contribution in [2.45, 2.75) is 31.3 Å². The van der Waals surface area contributed by atoms with Crippen LogP contribution in [-0.2, 0) is 0 Å². The first-order valence-electron chi connectivity index (χ1n) is 5.71. The van der Waals surface area contributed by atoms with E-state index in [1.165, 1.54) is 19.3 Å². The molecule has 2 fully saturated rings. The second kappa shape index (κ2) is 3.81. The van der Waals surface area contributed by atoms with E-state index in [2.05, 4.69) is 10.3 Å². The van der Waals surface area contributed by atoms with Crippen LogP contribution in [0.3, 0.4) is 0 Å². The second-order valence-corrected chi connectivity index (χ2v) is 4.54. The normalized spacial score (nSPS) is 33.2. The number of ether oxygens (including phenoxy) is 1. The van der Waals surface area contributed by atoms with Crippen molar-refractivity contribution in [2.75, 3.05) is 6.61 Å². The number of rotatable bonds is 3. The summed E-state index contributed by atoms with van der Waals surface area (Å²) in [5.74, 6) is 1.84. The van der Waals surface area contributed by atoms with E-state index in [0.717, 1.165) is 24.3 Å². The molecule has 0 bridgehead atoms. The van der Waals surface area contributed by atoms with Gasteiger partial charge in [0.15, 0.2) is 0 Å². The standard InChI is InChI=1S/C12H16N2O/c1-2-11(7-13-5-1)15-8-10-4-3-9-6-12(9)14-10/h1-2,5,7,9-10,12,14H,3-4,6,8H2/t9-,10-,12+/m0/s1. The van der Waals surface area contributed by atoms with Crippen molar-refractivity contribution in [1.29, 1.82) is 0 Å². The van der Waals surface area contributed by atoms with Gasteiger partial charge in [0, 0.05) is 18.3 Å². The molecule has 0 spiro atoms. The Bertz CT molecular complexity index is 328. The predicted molar refractivity (Wildman–Crippen MR) is 57.8 cm³/mol. The van der Waals surface area contributed by atoms with Crippen molar-refractivity contribution in [2.24, 2.45) is 5.92 Å². The third-order valence-electron chi connectivity index (χ3n) is 3.34. The minimum Gasteiger partial charge on any atom is -0.490 e. The van der Waals surface area contributed by atoms with E-state index in [9.17, 15) is 0 Å². The summed E-state index contributed by atoms with van der Waals surface area (Å²) in [6, 6.07) is 5.19. The average Bonchev–Trinajstić information content (AvgIpc) is 3.06. The zero-order valence-electron chi connectivity index (χ0n) is 8.73. The highest BCUT2D eigenvalue weighted by atomic mass is 16.5. The quantitative estimate of drug-likeness (QED) is 0.812. The molecule has 1 saturated heterocycles. The minimum absolute atomic E-state index is 0.536. The Morgan fingerprint density at radius 1 is 1.47 bits per heavy atom. The van der Waals surface area contributed by atoms with Crippen LogP contribution in [0.5, 0.6) is 5.75 Å². The van der Waals surface area contributed by atoms with Crippen LogP contribution in [0.15, 0.2) is 24.5 Å². The van der Waals surface area contributed by atoms with E-state index in [1.54, 1.807) is 12.4 Å². The minimum atomic E-state index is 0.536. The first-order valence-corrected chi connectivity index (χ1v) is 5.71. The molecular formula is C12H16N2O. The Balaban J connectivity index is 1.49. The van der Waals surface area contributed by atoms with Crippen LogP contribution >= 0.6 is 0 Å². The summed E-state index contributed by atoms with van der Waals surface area (Å²) in [6.07, 6.45) is 7.53.